The minimum atomic E-state index is -0.472. The van der Waals surface area contributed by atoms with Crippen molar-refractivity contribution in [3.8, 4) is 6.07 Å². The van der Waals surface area contributed by atoms with E-state index in [-0.39, 0.29) is 5.78 Å². The Morgan fingerprint density at radius 3 is 2.57 bits per heavy atom. The first kappa shape index (κ1) is 20.5. The lowest BCUT2D eigenvalue weighted by molar-refractivity contribution is -0.116. The predicted molar refractivity (Wildman–Crippen MR) is 120 cm³/mol. The fourth-order valence-corrected chi connectivity index (χ4v) is 4.98. The zero-order chi connectivity index (χ0) is 21.6. The maximum absolute atomic E-state index is 13.2. The van der Waals surface area contributed by atoms with E-state index in [2.05, 4.69) is 12.1 Å². The molecule has 0 saturated heterocycles. The second-order valence-electron chi connectivity index (χ2n) is 7.77. The molecule has 0 fully saturated rings. The molecule has 0 bridgehead atoms. The molecular formula is C24H21Cl2N3O. The first-order valence-electron chi connectivity index (χ1n) is 9.81. The van der Waals surface area contributed by atoms with Crippen LogP contribution >= 0.6 is 23.2 Å². The van der Waals surface area contributed by atoms with Gasteiger partial charge in [-0.1, -0.05) is 47.0 Å². The van der Waals surface area contributed by atoms with Gasteiger partial charge in [0.25, 0.3) is 0 Å². The molecule has 4 nitrogen and oxygen atoms in total. The highest BCUT2D eigenvalue weighted by Crippen LogP contribution is 2.48. The van der Waals surface area contributed by atoms with E-state index in [1.165, 1.54) is 0 Å². The zero-order valence-electron chi connectivity index (χ0n) is 16.8. The molecule has 30 heavy (non-hydrogen) atoms. The van der Waals surface area contributed by atoms with Gasteiger partial charge in [0.15, 0.2) is 5.78 Å². The Morgan fingerprint density at radius 2 is 1.90 bits per heavy atom. The number of Topliss-reactive ketones (excluding diaryl/α,β-unsaturated/α-hetero) is 1. The summed E-state index contributed by atoms with van der Waals surface area (Å²) in [7, 11) is 0. The van der Waals surface area contributed by atoms with Crippen molar-refractivity contribution in [2.75, 3.05) is 4.90 Å². The van der Waals surface area contributed by atoms with Crippen LogP contribution in [0.15, 0.2) is 59.1 Å². The summed E-state index contributed by atoms with van der Waals surface area (Å²) in [6.45, 7) is 4.03. The summed E-state index contributed by atoms with van der Waals surface area (Å²) >= 11 is 12.6. The van der Waals surface area contributed by atoms with Crippen LogP contribution in [-0.2, 0) is 4.79 Å². The monoisotopic (exact) mass is 437 g/mol. The van der Waals surface area contributed by atoms with Crippen molar-refractivity contribution < 1.29 is 4.79 Å². The van der Waals surface area contributed by atoms with Gasteiger partial charge in [-0.05, 0) is 56.0 Å². The van der Waals surface area contributed by atoms with E-state index in [0.29, 0.717) is 45.5 Å². The van der Waals surface area contributed by atoms with Crippen LogP contribution in [0.5, 0.6) is 0 Å². The number of benzene rings is 2. The van der Waals surface area contributed by atoms with Crippen LogP contribution in [-0.4, -0.2) is 5.78 Å². The third-order valence-corrected chi connectivity index (χ3v) is 6.34. The van der Waals surface area contributed by atoms with Crippen molar-refractivity contribution >= 4 is 34.7 Å². The number of rotatable bonds is 2. The van der Waals surface area contributed by atoms with Gasteiger partial charge in [0.2, 0.25) is 0 Å². The molecule has 6 heteroatoms. The number of hydrogen-bond acceptors (Lipinski definition) is 4. The van der Waals surface area contributed by atoms with Crippen LogP contribution < -0.4 is 10.6 Å². The lowest BCUT2D eigenvalue weighted by Crippen LogP contribution is -2.39. The average molecular weight is 438 g/mol. The number of hydrogen-bond donors (Lipinski definition) is 1. The molecule has 4 rings (SSSR count). The Balaban J connectivity index is 2.00. The molecule has 1 heterocycles. The van der Waals surface area contributed by atoms with Gasteiger partial charge in [-0.3, -0.25) is 9.69 Å². The second kappa shape index (κ2) is 7.83. The average Bonchev–Trinajstić information content (AvgIpc) is 2.69. The fraction of sp³-hybridized carbons (Fsp3) is 0.250. The smallest absolute Gasteiger partial charge is 0.161 e. The summed E-state index contributed by atoms with van der Waals surface area (Å²) in [6, 6.07) is 13.5. The van der Waals surface area contributed by atoms with Crippen LogP contribution in [0.2, 0.25) is 10.0 Å². The predicted octanol–water partition coefficient (Wildman–Crippen LogP) is 5.92. The van der Waals surface area contributed by atoms with Crippen molar-refractivity contribution in [3.63, 3.8) is 0 Å². The number of ketones is 1. The molecule has 0 aromatic heterocycles. The van der Waals surface area contributed by atoms with E-state index >= 15 is 0 Å². The Labute approximate surface area is 186 Å². The highest BCUT2D eigenvalue weighted by atomic mass is 35.5. The first-order chi connectivity index (χ1) is 14.3. The summed E-state index contributed by atoms with van der Waals surface area (Å²) in [5.74, 6) is -0.113. The van der Waals surface area contributed by atoms with E-state index in [1.54, 1.807) is 23.1 Å². The number of anilines is 1. The SMILES string of the molecule is Cc1ccc(C2C(C#N)=C(N)N(c3ccc(Cl)cc3Cl)C3=C2C(=O)CCC3)c(C)c1. The first-order valence-corrected chi connectivity index (χ1v) is 10.6. The van der Waals surface area contributed by atoms with Gasteiger partial charge < -0.3 is 5.73 Å². The summed E-state index contributed by atoms with van der Waals surface area (Å²) in [4.78, 5) is 14.9. The van der Waals surface area contributed by atoms with Crippen LogP contribution in [0.25, 0.3) is 0 Å². The van der Waals surface area contributed by atoms with Crippen LogP contribution in [0.1, 0.15) is 41.9 Å². The van der Waals surface area contributed by atoms with Gasteiger partial charge in [-0.25, -0.2) is 0 Å². The zero-order valence-corrected chi connectivity index (χ0v) is 18.3. The molecule has 2 aliphatic rings. The van der Waals surface area contributed by atoms with Crippen LogP contribution in [0.3, 0.4) is 0 Å². The summed E-state index contributed by atoms with van der Waals surface area (Å²) in [5, 5.41) is 11.0. The maximum atomic E-state index is 13.2. The minimum Gasteiger partial charge on any atom is -0.384 e. The van der Waals surface area contributed by atoms with Gasteiger partial charge in [0, 0.05) is 22.7 Å². The van der Waals surface area contributed by atoms with Gasteiger partial charge in [0.1, 0.15) is 5.82 Å². The maximum Gasteiger partial charge on any atom is 0.161 e. The molecule has 2 aromatic rings. The minimum absolute atomic E-state index is 0.0524. The van der Waals surface area contributed by atoms with Crippen molar-refractivity contribution in [2.45, 2.75) is 39.0 Å². The molecule has 1 atom stereocenters. The van der Waals surface area contributed by atoms with E-state index < -0.39 is 5.92 Å². The molecular weight excluding hydrogens is 417 g/mol. The Hall–Kier alpha value is -2.74. The number of aryl methyl sites for hydroxylation is 2. The molecule has 1 aliphatic heterocycles. The van der Waals surface area contributed by atoms with Crippen molar-refractivity contribution in [3.05, 3.63) is 85.8 Å². The highest BCUT2D eigenvalue weighted by Gasteiger charge is 2.41. The Kier molecular flexibility index (Phi) is 5.36. The molecule has 2 aromatic carbocycles. The molecule has 152 valence electrons. The lowest BCUT2D eigenvalue weighted by atomic mass is 9.74. The molecule has 0 saturated carbocycles. The van der Waals surface area contributed by atoms with Crippen LogP contribution in [0.4, 0.5) is 5.69 Å². The summed E-state index contributed by atoms with van der Waals surface area (Å²) in [5.41, 5.74) is 12.1. The number of nitrogens with zero attached hydrogens (tertiary/aromatic N) is 2. The number of allylic oxidation sites excluding steroid dienone is 3. The number of carbonyl (C=O) groups excluding carboxylic acids is 1. The van der Waals surface area contributed by atoms with E-state index in [9.17, 15) is 10.1 Å². The van der Waals surface area contributed by atoms with Gasteiger partial charge >= 0.3 is 0 Å². The second-order valence-corrected chi connectivity index (χ2v) is 8.62. The molecule has 0 radical (unpaired) electrons. The van der Waals surface area contributed by atoms with Crippen molar-refractivity contribution in [2.24, 2.45) is 5.73 Å². The molecule has 0 spiro atoms. The Bertz CT molecular complexity index is 1170. The van der Waals surface area contributed by atoms with Gasteiger partial charge in [0.05, 0.1) is 28.3 Å². The number of halogens is 2. The number of nitriles is 1. The molecule has 1 aliphatic carbocycles. The standard InChI is InChI=1S/C24H21Cl2N3O/c1-13-6-8-16(14(2)10-13)22-17(12-27)24(28)29(19-9-7-15(25)11-18(19)26)20-4-3-5-21(30)23(20)22/h6-11,22H,3-5,28H2,1-2H3. The third-order valence-electron chi connectivity index (χ3n) is 5.80. The normalized spacial score (nSPS) is 19.1. The van der Waals surface area contributed by atoms with Gasteiger partial charge in [-0.2, -0.15) is 5.26 Å². The molecule has 2 N–H and O–H groups in total. The van der Waals surface area contributed by atoms with Crippen molar-refractivity contribution in [1.82, 2.24) is 0 Å². The summed E-state index contributed by atoms with van der Waals surface area (Å²) in [6.07, 6.45) is 1.87. The number of nitrogens with two attached hydrogens (primary N) is 1. The van der Waals surface area contributed by atoms with Crippen molar-refractivity contribution in [1.29, 1.82) is 5.26 Å². The number of carbonyl (C=O) groups is 1. The van der Waals surface area contributed by atoms with E-state index in [4.69, 9.17) is 28.9 Å². The summed E-state index contributed by atoms with van der Waals surface area (Å²) < 4.78 is 0. The Morgan fingerprint density at radius 1 is 1.13 bits per heavy atom. The molecule has 0 amide bonds. The van der Waals surface area contributed by atoms with E-state index in [0.717, 1.165) is 28.8 Å². The van der Waals surface area contributed by atoms with Crippen LogP contribution in [0, 0.1) is 25.2 Å². The largest absolute Gasteiger partial charge is 0.384 e. The lowest BCUT2D eigenvalue weighted by Gasteiger charge is -2.40. The third kappa shape index (κ3) is 3.29. The quantitative estimate of drug-likeness (QED) is 0.633. The molecule has 1 unspecified atom stereocenters. The van der Waals surface area contributed by atoms with E-state index in [1.807, 2.05) is 26.0 Å². The fourth-order valence-electron chi connectivity index (χ4n) is 4.48. The highest BCUT2D eigenvalue weighted by molar-refractivity contribution is 6.36. The topological polar surface area (TPSA) is 70.1 Å². The van der Waals surface area contributed by atoms with Gasteiger partial charge in [-0.15, -0.1) is 0 Å².